The van der Waals surface area contributed by atoms with E-state index in [1.807, 2.05) is 0 Å². The zero-order chi connectivity index (χ0) is 14.7. The number of carboxylic acids is 1. The number of aliphatic carboxylic acids is 1. The number of likely N-dealkylation sites (tertiary alicyclic amines) is 1. The Labute approximate surface area is 125 Å². The summed E-state index contributed by atoms with van der Waals surface area (Å²) in [4.78, 5) is 25.1. The van der Waals surface area contributed by atoms with Gasteiger partial charge in [0, 0.05) is 17.6 Å². The standard InChI is InChI=1S/C14H16BrNO4/c1-20-12-7-10(15)4-5-11(12)13(17)16-6-2-3-9(8-16)14(18)19/h4-5,7,9H,2-3,6,8H2,1H3,(H,18,19). The van der Waals surface area contributed by atoms with E-state index in [1.54, 1.807) is 23.1 Å². The normalized spacial score (nSPS) is 18.7. The Kier molecular flexibility index (Phi) is 4.65. The second-order valence-corrected chi connectivity index (χ2v) is 5.69. The zero-order valence-corrected chi connectivity index (χ0v) is 12.7. The fourth-order valence-corrected chi connectivity index (χ4v) is 2.72. The predicted molar refractivity (Wildman–Crippen MR) is 77.0 cm³/mol. The lowest BCUT2D eigenvalue weighted by atomic mass is 9.97. The molecule has 1 unspecified atom stereocenters. The number of methoxy groups -OCH3 is 1. The molecule has 1 N–H and O–H groups in total. The highest BCUT2D eigenvalue weighted by Crippen LogP contribution is 2.26. The van der Waals surface area contributed by atoms with Crippen LogP contribution in [-0.4, -0.2) is 42.1 Å². The number of carbonyl (C=O) groups excluding carboxylic acids is 1. The molecule has 1 saturated heterocycles. The third-order valence-corrected chi connectivity index (χ3v) is 3.95. The van der Waals surface area contributed by atoms with Gasteiger partial charge in [-0.25, -0.2) is 0 Å². The topological polar surface area (TPSA) is 66.8 Å². The van der Waals surface area contributed by atoms with Gasteiger partial charge in [-0.2, -0.15) is 0 Å². The number of carbonyl (C=O) groups is 2. The van der Waals surface area contributed by atoms with Crippen LogP contribution in [0.25, 0.3) is 0 Å². The molecule has 1 heterocycles. The van der Waals surface area contributed by atoms with Gasteiger partial charge in [-0.15, -0.1) is 0 Å². The summed E-state index contributed by atoms with van der Waals surface area (Å²) in [5.41, 5.74) is 0.460. The third-order valence-electron chi connectivity index (χ3n) is 3.45. The molecule has 108 valence electrons. The Morgan fingerprint density at radius 1 is 1.45 bits per heavy atom. The van der Waals surface area contributed by atoms with E-state index in [4.69, 9.17) is 9.84 Å². The van der Waals surface area contributed by atoms with Crippen LogP contribution in [0.3, 0.4) is 0 Å². The molecule has 1 aromatic carbocycles. The Morgan fingerprint density at radius 3 is 2.85 bits per heavy atom. The van der Waals surface area contributed by atoms with Gasteiger partial charge in [-0.3, -0.25) is 9.59 Å². The Morgan fingerprint density at radius 2 is 2.20 bits per heavy atom. The Balaban J connectivity index is 2.20. The molecule has 0 radical (unpaired) electrons. The van der Waals surface area contributed by atoms with Gasteiger partial charge in [-0.05, 0) is 31.0 Å². The first-order valence-corrected chi connectivity index (χ1v) is 7.18. The van der Waals surface area contributed by atoms with Crippen LogP contribution in [0.2, 0.25) is 0 Å². The molecule has 5 nitrogen and oxygen atoms in total. The molecule has 0 saturated carbocycles. The van der Waals surface area contributed by atoms with Gasteiger partial charge < -0.3 is 14.7 Å². The maximum atomic E-state index is 12.5. The summed E-state index contributed by atoms with van der Waals surface area (Å²) in [5.74, 6) is -1.01. The molecule has 6 heteroatoms. The average Bonchev–Trinajstić information content (AvgIpc) is 2.46. The molecule has 1 aromatic rings. The summed E-state index contributed by atoms with van der Waals surface area (Å²) in [5, 5.41) is 9.08. The van der Waals surface area contributed by atoms with Crippen LogP contribution in [0.15, 0.2) is 22.7 Å². The van der Waals surface area contributed by atoms with Gasteiger partial charge in [0.25, 0.3) is 5.91 Å². The van der Waals surface area contributed by atoms with Gasteiger partial charge >= 0.3 is 5.97 Å². The van der Waals surface area contributed by atoms with Crippen molar-refractivity contribution in [3.63, 3.8) is 0 Å². The van der Waals surface area contributed by atoms with E-state index < -0.39 is 11.9 Å². The summed E-state index contributed by atoms with van der Waals surface area (Å²) in [6.07, 6.45) is 1.33. The molecule has 1 aliphatic rings. The zero-order valence-electron chi connectivity index (χ0n) is 11.1. The monoisotopic (exact) mass is 341 g/mol. The average molecular weight is 342 g/mol. The highest BCUT2D eigenvalue weighted by Gasteiger charge is 2.29. The van der Waals surface area contributed by atoms with Crippen LogP contribution in [0.4, 0.5) is 0 Å². The predicted octanol–water partition coefficient (Wildman–Crippen LogP) is 2.39. The summed E-state index contributed by atoms with van der Waals surface area (Å²) in [7, 11) is 1.51. The van der Waals surface area contributed by atoms with Crippen LogP contribution in [0.5, 0.6) is 5.75 Å². The molecule has 0 bridgehead atoms. The molecule has 0 aliphatic carbocycles. The van der Waals surface area contributed by atoms with Crippen molar-refractivity contribution >= 4 is 27.8 Å². The first kappa shape index (κ1) is 14.8. The molecule has 1 amide bonds. The molecule has 1 atom stereocenters. The number of rotatable bonds is 3. The number of piperidine rings is 1. The number of ether oxygens (including phenoxy) is 1. The fourth-order valence-electron chi connectivity index (χ4n) is 2.38. The van der Waals surface area contributed by atoms with E-state index in [2.05, 4.69) is 15.9 Å². The number of hydrogen-bond acceptors (Lipinski definition) is 3. The highest BCUT2D eigenvalue weighted by molar-refractivity contribution is 9.10. The van der Waals surface area contributed by atoms with E-state index >= 15 is 0 Å². The van der Waals surface area contributed by atoms with Crippen molar-refractivity contribution in [2.24, 2.45) is 5.92 Å². The van der Waals surface area contributed by atoms with Crippen molar-refractivity contribution < 1.29 is 19.4 Å². The summed E-state index contributed by atoms with van der Waals surface area (Å²) < 4.78 is 6.05. The number of nitrogens with zero attached hydrogens (tertiary/aromatic N) is 1. The number of hydrogen-bond donors (Lipinski definition) is 1. The molecular formula is C14H16BrNO4. The van der Waals surface area contributed by atoms with Crippen LogP contribution in [-0.2, 0) is 4.79 Å². The van der Waals surface area contributed by atoms with Crippen LogP contribution >= 0.6 is 15.9 Å². The van der Waals surface area contributed by atoms with E-state index in [0.717, 1.165) is 4.47 Å². The van der Waals surface area contributed by atoms with Crippen LogP contribution in [0.1, 0.15) is 23.2 Å². The third kappa shape index (κ3) is 3.12. The van der Waals surface area contributed by atoms with Gasteiger partial charge in [-0.1, -0.05) is 15.9 Å². The van der Waals surface area contributed by atoms with Crippen molar-refractivity contribution in [1.29, 1.82) is 0 Å². The van der Waals surface area contributed by atoms with Crippen molar-refractivity contribution in [2.75, 3.05) is 20.2 Å². The largest absolute Gasteiger partial charge is 0.496 e. The molecule has 1 fully saturated rings. The van der Waals surface area contributed by atoms with E-state index in [-0.39, 0.29) is 12.5 Å². The van der Waals surface area contributed by atoms with E-state index in [0.29, 0.717) is 30.7 Å². The summed E-state index contributed by atoms with van der Waals surface area (Å²) in [6.45, 7) is 0.842. The minimum Gasteiger partial charge on any atom is -0.496 e. The molecule has 0 aromatic heterocycles. The lowest BCUT2D eigenvalue weighted by Crippen LogP contribution is -2.42. The van der Waals surface area contributed by atoms with Crippen molar-refractivity contribution in [1.82, 2.24) is 4.90 Å². The van der Waals surface area contributed by atoms with E-state index in [1.165, 1.54) is 7.11 Å². The maximum absolute atomic E-state index is 12.5. The van der Waals surface area contributed by atoms with E-state index in [9.17, 15) is 9.59 Å². The number of benzene rings is 1. The number of halogens is 1. The second-order valence-electron chi connectivity index (χ2n) is 4.77. The highest BCUT2D eigenvalue weighted by atomic mass is 79.9. The molecule has 2 rings (SSSR count). The summed E-state index contributed by atoms with van der Waals surface area (Å²) in [6, 6.07) is 5.19. The van der Waals surface area contributed by atoms with Crippen molar-refractivity contribution in [3.05, 3.63) is 28.2 Å². The number of carboxylic acid groups (broad SMARTS) is 1. The molecular weight excluding hydrogens is 326 g/mol. The van der Waals surface area contributed by atoms with Crippen LogP contribution in [0, 0.1) is 5.92 Å². The molecule has 20 heavy (non-hydrogen) atoms. The van der Waals surface area contributed by atoms with Gasteiger partial charge in [0.1, 0.15) is 5.75 Å². The first-order chi connectivity index (χ1) is 9.52. The quantitative estimate of drug-likeness (QED) is 0.916. The fraction of sp³-hybridized carbons (Fsp3) is 0.429. The molecule has 1 aliphatic heterocycles. The molecule has 0 spiro atoms. The number of amides is 1. The second kappa shape index (κ2) is 6.26. The lowest BCUT2D eigenvalue weighted by Gasteiger charge is -2.31. The smallest absolute Gasteiger partial charge is 0.308 e. The SMILES string of the molecule is COc1cc(Br)ccc1C(=O)N1CCCC(C(=O)O)C1. The van der Waals surface area contributed by atoms with Gasteiger partial charge in [0.05, 0.1) is 18.6 Å². The van der Waals surface area contributed by atoms with Gasteiger partial charge in [0.15, 0.2) is 0 Å². The minimum absolute atomic E-state index is 0.180. The Bertz CT molecular complexity index is 532. The maximum Gasteiger partial charge on any atom is 0.308 e. The first-order valence-electron chi connectivity index (χ1n) is 6.38. The Hall–Kier alpha value is -1.56. The van der Waals surface area contributed by atoms with Crippen molar-refractivity contribution in [3.8, 4) is 5.75 Å². The van der Waals surface area contributed by atoms with Crippen LogP contribution < -0.4 is 4.74 Å². The lowest BCUT2D eigenvalue weighted by molar-refractivity contribution is -0.143. The van der Waals surface area contributed by atoms with Crippen molar-refractivity contribution in [2.45, 2.75) is 12.8 Å². The minimum atomic E-state index is -0.842. The van der Waals surface area contributed by atoms with Gasteiger partial charge in [0.2, 0.25) is 0 Å². The summed E-state index contributed by atoms with van der Waals surface area (Å²) >= 11 is 3.33.